The van der Waals surface area contributed by atoms with Gasteiger partial charge in [0.1, 0.15) is 0 Å². The Morgan fingerprint density at radius 1 is 1.46 bits per heavy atom. The molecule has 13 heavy (non-hydrogen) atoms. The van der Waals surface area contributed by atoms with Crippen molar-refractivity contribution < 1.29 is 4.74 Å². The molecular weight excluding hydrogens is 164 g/mol. The van der Waals surface area contributed by atoms with Crippen molar-refractivity contribution in [2.45, 2.75) is 37.5 Å². The Bertz CT molecular complexity index is 191. The summed E-state index contributed by atoms with van der Waals surface area (Å²) in [6, 6.07) is 1.51. The molecule has 0 radical (unpaired) electrons. The molecule has 3 saturated heterocycles. The first kappa shape index (κ1) is 8.21. The van der Waals surface area contributed by atoms with Gasteiger partial charge >= 0.3 is 0 Å². The first-order valence-corrected chi connectivity index (χ1v) is 5.51. The third kappa shape index (κ3) is 1.49. The Morgan fingerprint density at radius 2 is 2.46 bits per heavy atom. The average Bonchev–Trinajstić information content (AvgIpc) is 2.77. The van der Waals surface area contributed by atoms with Crippen LogP contribution in [0.25, 0.3) is 0 Å². The van der Waals surface area contributed by atoms with Gasteiger partial charge in [0.05, 0.1) is 12.7 Å². The van der Waals surface area contributed by atoms with Crippen LogP contribution in [0.15, 0.2) is 0 Å². The van der Waals surface area contributed by atoms with Gasteiger partial charge in [-0.2, -0.15) is 0 Å². The molecule has 0 saturated carbocycles. The minimum absolute atomic E-state index is 0.561. The molecule has 0 amide bonds. The van der Waals surface area contributed by atoms with Crippen LogP contribution >= 0.6 is 0 Å². The molecule has 3 nitrogen and oxygen atoms in total. The van der Waals surface area contributed by atoms with Crippen LogP contribution in [0.5, 0.6) is 0 Å². The van der Waals surface area contributed by atoms with E-state index in [4.69, 9.17) is 4.74 Å². The largest absolute Gasteiger partial charge is 0.375 e. The molecule has 3 heteroatoms. The predicted octanol–water partition coefficient (Wildman–Crippen LogP) is 0.211. The lowest BCUT2D eigenvalue weighted by atomic mass is 10.2. The van der Waals surface area contributed by atoms with Gasteiger partial charge in [0, 0.05) is 25.2 Å². The van der Waals surface area contributed by atoms with Gasteiger partial charge < -0.3 is 10.1 Å². The highest BCUT2D eigenvalue weighted by Crippen LogP contribution is 2.28. The van der Waals surface area contributed by atoms with Gasteiger partial charge in [-0.05, 0) is 25.8 Å². The maximum absolute atomic E-state index is 5.58. The molecule has 74 valence electrons. The molecule has 3 atom stereocenters. The van der Waals surface area contributed by atoms with Crippen molar-refractivity contribution in [3.05, 3.63) is 0 Å². The Labute approximate surface area is 79.4 Å². The molecule has 3 rings (SSSR count). The van der Waals surface area contributed by atoms with Crippen LogP contribution in [-0.4, -0.2) is 49.3 Å². The van der Waals surface area contributed by atoms with E-state index in [1.165, 1.54) is 38.9 Å². The number of morpholine rings is 1. The highest BCUT2D eigenvalue weighted by Gasteiger charge is 2.39. The Morgan fingerprint density at radius 3 is 3.08 bits per heavy atom. The van der Waals surface area contributed by atoms with E-state index in [1.807, 2.05) is 0 Å². The zero-order valence-electron chi connectivity index (χ0n) is 8.04. The summed E-state index contributed by atoms with van der Waals surface area (Å²) in [6.45, 7) is 4.65. The van der Waals surface area contributed by atoms with Crippen LogP contribution in [0, 0.1) is 0 Å². The molecule has 0 aromatic rings. The lowest BCUT2D eigenvalue weighted by Crippen LogP contribution is -2.44. The fourth-order valence-electron chi connectivity index (χ4n) is 2.90. The molecule has 1 N–H and O–H groups in total. The number of hydrogen-bond donors (Lipinski definition) is 1. The minimum atomic E-state index is 0.561. The van der Waals surface area contributed by atoms with Gasteiger partial charge in [0.25, 0.3) is 0 Å². The van der Waals surface area contributed by atoms with Crippen molar-refractivity contribution in [2.24, 2.45) is 0 Å². The van der Waals surface area contributed by atoms with Gasteiger partial charge in [0.2, 0.25) is 0 Å². The molecule has 3 heterocycles. The zero-order valence-corrected chi connectivity index (χ0v) is 8.04. The molecule has 3 aliphatic rings. The molecule has 0 aromatic heterocycles. The zero-order chi connectivity index (χ0) is 8.67. The van der Waals surface area contributed by atoms with Gasteiger partial charge in [0.15, 0.2) is 0 Å². The van der Waals surface area contributed by atoms with E-state index in [-0.39, 0.29) is 0 Å². The van der Waals surface area contributed by atoms with Crippen LogP contribution < -0.4 is 5.32 Å². The summed E-state index contributed by atoms with van der Waals surface area (Å²) < 4.78 is 5.58. The van der Waals surface area contributed by atoms with E-state index in [0.717, 1.165) is 18.7 Å². The van der Waals surface area contributed by atoms with E-state index >= 15 is 0 Å². The Balaban J connectivity index is 1.55. The standard InChI is InChI=1S/C10H18N2O/c1-2-8(11-3-1)5-12-6-10-4-9(12)7-13-10/h8-11H,1-7H2. The van der Waals surface area contributed by atoms with Gasteiger partial charge in [-0.25, -0.2) is 0 Å². The predicted molar refractivity (Wildman–Crippen MR) is 50.7 cm³/mol. The highest BCUT2D eigenvalue weighted by molar-refractivity contribution is 4.93. The van der Waals surface area contributed by atoms with E-state index in [2.05, 4.69) is 10.2 Å². The topological polar surface area (TPSA) is 24.5 Å². The van der Waals surface area contributed by atoms with Crippen molar-refractivity contribution >= 4 is 0 Å². The number of hydrogen-bond acceptors (Lipinski definition) is 3. The van der Waals surface area contributed by atoms with Crippen molar-refractivity contribution in [1.29, 1.82) is 0 Å². The van der Waals surface area contributed by atoms with Crippen LogP contribution in [0.3, 0.4) is 0 Å². The number of nitrogens with one attached hydrogen (secondary N) is 1. The molecule has 0 spiro atoms. The van der Waals surface area contributed by atoms with Gasteiger partial charge in [-0.3, -0.25) is 4.90 Å². The summed E-state index contributed by atoms with van der Waals surface area (Å²) in [7, 11) is 0. The maximum Gasteiger partial charge on any atom is 0.0718 e. The molecule has 3 unspecified atom stereocenters. The number of nitrogens with zero attached hydrogens (tertiary/aromatic N) is 1. The van der Waals surface area contributed by atoms with Crippen molar-refractivity contribution in [3.8, 4) is 0 Å². The van der Waals surface area contributed by atoms with Gasteiger partial charge in [-0.1, -0.05) is 0 Å². The molecule has 0 aliphatic carbocycles. The molecular formula is C10H18N2O. The summed E-state index contributed by atoms with van der Waals surface area (Å²) in [4.78, 5) is 2.62. The molecule has 3 fully saturated rings. The van der Waals surface area contributed by atoms with E-state index in [0.29, 0.717) is 6.10 Å². The van der Waals surface area contributed by atoms with Crippen molar-refractivity contribution in [2.75, 3.05) is 26.2 Å². The summed E-state index contributed by atoms with van der Waals surface area (Å²) in [5.74, 6) is 0. The second-order valence-corrected chi connectivity index (χ2v) is 4.59. The summed E-state index contributed by atoms with van der Waals surface area (Å²) in [5.41, 5.74) is 0. The fraction of sp³-hybridized carbons (Fsp3) is 1.00. The lowest BCUT2D eigenvalue weighted by Gasteiger charge is -2.29. The number of fused-ring (bicyclic) bond motifs is 2. The first-order valence-electron chi connectivity index (χ1n) is 5.51. The van der Waals surface area contributed by atoms with Gasteiger partial charge in [-0.15, -0.1) is 0 Å². The highest BCUT2D eigenvalue weighted by atomic mass is 16.5. The number of ether oxygens (including phenoxy) is 1. The van der Waals surface area contributed by atoms with Crippen molar-refractivity contribution in [3.63, 3.8) is 0 Å². The van der Waals surface area contributed by atoms with E-state index < -0.39 is 0 Å². The van der Waals surface area contributed by atoms with Crippen molar-refractivity contribution in [1.82, 2.24) is 10.2 Å². The van der Waals surface area contributed by atoms with E-state index in [1.54, 1.807) is 0 Å². The molecule has 0 aromatic carbocycles. The normalized spacial score (nSPS) is 44.8. The minimum Gasteiger partial charge on any atom is -0.375 e. The summed E-state index contributed by atoms with van der Waals surface area (Å²) in [6.07, 6.45) is 4.58. The summed E-state index contributed by atoms with van der Waals surface area (Å²) in [5, 5.41) is 3.56. The Hall–Kier alpha value is -0.120. The lowest BCUT2D eigenvalue weighted by molar-refractivity contribution is 0.0276. The third-order valence-corrected chi connectivity index (χ3v) is 3.63. The monoisotopic (exact) mass is 182 g/mol. The number of likely N-dealkylation sites (tertiary alicyclic amines) is 1. The first-order chi connectivity index (χ1) is 6.42. The average molecular weight is 182 g/mol. The number of rotatable bonds is 2. The van der Waals surface area contributed by atoms with Crippen LogP contribution in [-0.2, 0) is 4.74 Å². The third-order valence-electron chi connectivity index (χ3n) is 3.63. The maximum atomic E-state index is 5.58. The second-order valence-electron chi connectivity index (χ2n) is 4.59. The second kappa shape index (κ2) is 3.23. The molecule has 2 bridgehead atoms. The van der Waals surface area contributed by atoms with Crippen LogP contribution in [0.1, 0.15) is 19.3 Å². The summed E-state index contributed by atoms with van der Waals surface area (Å²) >= 11 is 0. The molecule has 3 aliphatic heterocycles. The fourth-order valence-corrected chi connectivity index (χ4v) is 2.90. The quantitative estimate of drug-likeness (QED) is 0.661. The van der Waals surface area contributed by atoms with Crippen LogP contribution in [0.4, 0.5) is 0 Å². The van der Waals surface area contributed by atoms with E-state index in [9.17, 15) is 0 Å². The van der Waals surface area contributed by atoms with Crippen LogP contribution in [0.2, 0.25) is 0 Å². The Kier molecular flexibility index (Phi) is 2.04. The SMILES string of the molecule is C1CNC(CN2CC3CC2CO3)C1. The smallest absolute Gasteiger partial charge is 0.0718 e.